The summed E-state index contributed by atoms with van der Waals surface area (Å²) in [5.41, 5.74) is 4.61. The average Bonchev–Trinajstić information content (AvgIpc) is 3.13. The van der Waals surface area contributed by atoms with E-state index in [0.29, 0.717) is 6.04 Å². The van der Waals surface area contributed by atoms with E-state index >= 15 is 0 Å². The minimum absolute atomic E-state index is 0.376. The molecule has 3 nitrogen and oxygen atoms in total. The topological polar surface area (TPSA) is 29.0 Å². The highest BCUT2D eigenvalue weighted by Crippen LogP contribution is 2.32. The molecule has 1 aliphatic rings. The van der Waals surface area contributed by atoms with E-state index in [2.05, 4.69) is 40.2 Å². The van der Waals surface area contributed by atoms with Crippen LogP contribution in [0.2, 0.25) is 5.02 Å². The second kappa shape index (κ2) is 7.98. The van der Waals surface area contributed by atoms with E-state index in [1.165, 1.54) is 12.0 Å². The molecule has 3 aromatic rings. The third-order valence-corrected chi connectivity index (χ3v) is 5.34. The molecule has 0 aliphatic carbocycles. The number of nitrogens with zero attached hydrogens (tertiary/aromatic N) is 3. The van der Waals surface area contributed by atoms with Crippen molar-refractivity contribution in [2.24, 2.45) is 0 Å². The Morgan fingerprint density at radius 2 is 1.96 bits per heavy atom. The van der Waals surface area contributed by atoms with Crippen LogP contribution in [0.1, 0.15) is 41.4 Å². The minimum Gasteiger partial charge on any atom is -0.290 e. The highest BCUT2D eigenvalue weighted by Gasteiger charge is 2.27. The van der Waals surface area contributed by atoms with E-state index < -0.39 is 0 Å². The van der Waals surface area contributed by atoms with Crippen molar-refractivity contribution >= 4 is 11.6 Å². The summed E-state index contributed by atoms with van der Waals surface area (Å²) in [5.74, 6) is 0. The van der Waals surface area contributed by atoms with Crippen molar-refractivity contribution in [1.29, 1.82) is 0 Å². The van der Waals surface area contributed by atoms with Gasteiger partial charge in [0, 0.05) is 36.1 Å². The molecule has 1 aliphatic heterocycles. The first-order valence-electron chi connectivity index (χ1n) is 9.12. The molecule has 132 valence electrons. The van der Waals surface area contributed by atoms with Crippen LogP contribution in [0.5, 0.6) is 0 Å². The zero-order chi connectivity index (χ0) is 17.8. The van der Waals surface area contributed by atoms with E-state index in [4.69, 9.17) is 16.6 Å². The predicted molar refractivity (Wildman–Crippen MR) is 105 cm³/mol. The number of benzene rings is 1. The smallest absolute Gasteiger partial charge is 0.0578 e. The number of rotatable bonds is 5. The fourth-order valence-corrected chi connectivity index (χ4v) is 3.90. The molecular formula is C22H22ClN3. The lowest BCUT2D eigenvalue weighted by Gasteiger charge is -2.24. The second-order valence-electron chi connectivity index (χ2n) is 6.81. The maximum atomic E-state index is 6.31. The van der Waals surface area contributed by atoms with Crippen LogP contribution >= 0.6 is 11.6 Å². The Hall–Kier alpha value is -2.23. The van der Waals surface area contributed by atoms with Crippen LogP contribution < -0.4 is 0 Å². The van der Waals surface area contributed by atoms with Gasteiger partial charge in [-0.3, -0.25) is 14.9 Å². The molecule has 2 aromatic heterocycles. The quantitative estimate of drug-likeness (QED) is 0.634. The van der Waals surface area contributed by atoms with Gasteiger partial charge < -0.3 is 0 Å². The fraction of sp³-hybridized carbons (Fsp3) is 0.273. The molecule has 1 fully saturated rings. The molecule has 1 unspecified atom stereocenters. The maximum absolute atomic E-state index is 6.31. The molecule has 0 bridgehead atoms. The Labute approximate surface area is 159 Å². The molecular weight excluding hydrogens is 342 g/mol. The molecule has 1 aromatic carbocycles. The van der Waals surface area contributed by atoms with Gasteiger partial charge in [-0.2, -0.15) is 0 Å². The number of halogens is 1. The van der Waals surface area contributed by atoms with Gasteiger partial charge in [-0.15, -0.1) is 0 Å². The summed E-state index contributed by atoms with van der Waals surface area (Å²) in [5, 5.41) is 0.804. The number of hydrogen-bond acceptors (Lipinski definition) is 3. The molecule has 0 spiro atoms. The van der Waals surface area contributed by atoms with Crippen molar-refractivity contribution in [1.82, 2.24) is 14.9 Å². The van der Waals surface area contributed by atoms with Crippen LogP contribution in [0, 0.1) is 0 Å². The van der Waals surface area contributed by atoms with Gasteiger partial charge in [-0.05, 0) is 54.8 Å². The van der Waals surface area contributed by atoms with Gasteiger partial charge in [-0.1, -0.05) is 41.9 Å². The number of aromatic nitrogens is 2. The van der Waals surface area contributed by atoms with Gasteiger partial charge in [0.05, 0.1) is 11.7 Å². The summed E-state index contributed by atoms with van der Waals surface area (Å²) in [4.78, 5) is 11.7. The van der Waals surface area contributed by atoms with Gasteiger partial charge >= 0.3 is 0 Å². The zero-order valence-corrected chi connectivity index (χ0v) is 15.4. The van der Waals surface area contributed by atoms with Crippen molar-refractivity contribution in [2.45, 2.75) is 31.8 Å². The molecule has 0 radical (unpaired) electrons. The second-order valence-corrected chi connectivity index (χ2v) is 7.22. The summed E-state index contributed by atoms with van der Waals surface area (Å²) in [6.07, 6.45) is 6.91. The summed E-state index contributed by atoms with van der Waals surface area (Å²) in [6.45, 7) is 2.03. The molecule has 1 atom stereocenters. The van der Waals surface area contributed by atoms with E-state index in [1.54, 1.807) is 0 Å². The Bertz CT molecular complexity index is 866. The number of hydrogen-bond donors (Lipinski definition) is 0. The first-order valence-corrected chi connectivity index (χ1v) is 9.49. The first kappa shape index (κ1) is 17.2. The SMILES string of the molecule is Clc1ccccc1Cc1cccc(C2CCCN2Cc2cccnc2)n1. The fourth-order valence-electron chi connectivity index (χ4n) is 3.70. The molecule has 0 amide bonds. The third kappa shape index (κ3) is 3.95. The molecule has 4 rings (SSSR count). The van der Waals surface area contributed by atoms with Crippen LogP contribution in [0.25, 0.3) is 0 Å². The molecule has 3 heterocycles. The highest BCUT2D eigenvalue weighted by molar-refractivity contribution is 6.31. The number of likely N-dealkylation sites (tertiary alicyclic amines) is 1. The molecule has 26 heavy (non-hydrogen) atoms. The van der Waals surface area contributed by atoms with E-state index in [1.807, 2.05) is 36.7 Å². The largest absolute Gasteiger partial charge is 0.290 e. The van der Waals surface area contributed by atoms with E-state index in [-0.39, 0.29) is 0 Å². The Balaban J connectivity index is 1.53. The van der Waals surface area contributed by atoms with Crippen LogP contribution in [0.4, 0.5) is 0 Å². The number of pyridine rings is 2. The molecule has 0 N–H and O–H groups in total. The summed E-state index contributed by atoms with van der Waals surface area (Å²) in [6, 6.07) is 18.9. The summed E-state index contributed by atoms with van der Waals surface area (Å²) in [7, 11) is 0. The summed E-state index contributed by atoms with van der Waals surface area (Å²) >= 11 is 6.31. The third-order valence-electron chi connectivity index (χ3n) is 4.97. The minimum atomic E-state index is 0.376. The van der Waals surface area contributed by atoms with Gasteiger partial charge in [0.2, 0.25) is 0 Å². The first-order chi connectivity index (χ1) is 12.8. The lowest BCUT2D eigenvalue weighted by Crippen LogP contribution is -2.23. The van der Waals surface area contributed by atoms with E-state index in [0.717, 1.165) is 47.9 Å². The van der Waals surface area contributed by atoms with Gasteiger partial charge in [0.1, 0.15) is 0 Å². The highest BCUT2D eigenvalue weighted by atomic mass is 35.5. The van der Waals surface area contributed by atoms with Crippen LogP contribution in [-0.2, 0) is 13.0 Å². The van der Waals surface area contributed by atoms with Crippen molar-refractivity contribution < 1.29 is 0 Å². The zero-order valence-electron chi connectivity index (χ0n) is 14.7. The summed E-state index contributed by atoms with van der Waals surface area (Å²) < 4.78 is 0. The normalized spacial score (nSPS) is 17.5. The van der Waals surface area contributed by atoms with E-state index in [9.17, 15) is 0 Å². The standard InChI is InChI=1S/C22H22ClN3/c23-20-9-2-1-7-18(20)14-19-8-3-10-21(25-19)22-11-5-13-26(22)16-17-6-4-12-24-15-17/h1-4,6-10,12,15,22H,5,11,13-14,16H2. The molecule has 1 saturated heterocycles. The van der Waals surface area contributed by atoms with Crippen LogP contribution in [-0.4, -0.2) is 21.4 Å². The van der Waals surface area contributed by atoms with Crippen molar-refractivity contribution in [3.05, 3.63) is 94.5 Å². The monoisotopic (exact) mass is 363 g/mol. The van der Waals surface area contributed by atoms with Crippen LogP contribution in [0.15, 0.2) is 67.0 Å². The van der Waals surface area contributed by atoms with Crippen molar-refractivity contribution in [3.63, 3.8) is 0 Å². The lowest BCUT2D eigenvalue weighted by atomic mass is 10.1. The Morgan fingerprint density at radius 3 is 2.81 bits per heavy atom. The van der Waals surface area contributed by atoms with Crippen molar-refractivity contribution in [3.8, 4) is 0 Å². The van der Waals surface area contributed by atoms with Crippen LogP contribution in [0.3, 0.4) is 0 Å². The van der Waals surface area contributed by atoms with Gasteiger partial charge in [0.15, 0.2) is 0 Å². The molecule has 0 saturated carbocycles. The van der Waals surface area contributed by atoms with Gasteiger partial charge in [-0.25, -0.2) is 0 Å². The van der Waals surface area contributed by atoms with Crippen molar-refractivity contribution in [2.75, 3.05) is 6.54 Å². The average molecular weight is 364 g/mol. The Kier molecular flexibility index (Phi) is 5.28. The lowest BCUT2D eigenvalue weighted by molar-refractivity contribution is 0.244. The predicted octanol–water partition coefficient (Wildman–Crippen LogP) is 5.06. The maximum Gasteiger partial charge on any atom is 0.0578 e. The molecule has 4 heteroatoms. The Morgan fingerprint density at radius 1 is 1.04 bits per heavy atom. The van der Waals surface area contributed by atoms with Gasteiger partial charge in [0.25, 0.3) is 0 Å².